The molecule has 0 spiro atoms. The number of allylic oxidation sites excluding steroid dienone is 1. The van der Waals surface area contributed by atoms with Crippen LogP contribution in [-0.2, 0) is 0 Å². The summed E-state index contributed by atoms with van der Waals surface area (Å²) in [6, 6.07) is 0.727. The minimum absolute atomic E-state index is 0.727. The topological polar surface area (TPSA) is 15.3 Å². The molecule has 3 rings (SSSR count). The number of nitrogens with zero attached hydrogens (tertiary/aromatic N) is 1. The molecule has 1 N–H and O–H groups in total. The first kappa shape index (κ1) is 16.1. The maximum atomic E-state index is 3.70. The monoisotopic (exact) mass is 302 g/mol. The summed E-state index contributed by atoms with van der Waals surface area (Å²) in [5, 5.41) is 3.70. The standard InChI is InChI=1S/C20H34N2/c1-3-4-5-6-7-8-9-19-17-11-10-16-13-15-22(2)20(16)18(17)12-14-21-19/h12,16,20-21H,3-11,13-15H2,1-2H3/t16-,20+/m0/s1. The molecular formula is C20H34N2. The van der Waals surface area contributed by atoms with Crippen LogP contribution in [0.3, 0.4) is 0 Å². The van der Waals surface area contributed by atoms with Gasteiger partial charge >= 0.3 is 0 Å². The number of rotatable bonds is 7. The van der Waals surface area contributed by atoms with Crippen molar-refractivity contribution in [2.75, 3.05) is 20.1 Å². The Morgan fingerprint density at radius 1 is 1.14 bits per heavy atom. The molecule has 22 heavy (non-hydrogen) atoms. The molecule has 0 amide bonds. The van der Waals surface area contributed by atoms with E-state index in [1.54, 1.807) is 16.8 Å². The van der Waals surface area contributed by atoms with Gasteiger partial charge in [-0.15, -0.1) is 0 Å². The van der Waals surface area contributed by atoms with Crippen LogP contribution in [0, 0.1) is 5.92 Å². The average molecular weight is 303 g/mol. The first-order valence-electron chi connectivity index (χ1n) is 9.67. The fourth-order valence-corrected chi connectivity index (χ4v) is 4.75. The quantitative estimate of drug-likeness (QED) is 0.690. The first-order valence-corrected chi connectivity index (χ1v) is 9.67. The van der Waals surface area contributed by atoms with Crippen LogP contribution in [0.15, 0.2) is 22.9 Å². The number of hydrogen-bond acceptors (Lipinski definition) is 2. The number of likely N-dealkylation sites (tertiary alicyclic amines) is 1. The number of nitrogens with one attached hydrogen (secondary N) is 1. The summed E-state index contributed by atoms with van der Waals surface area (Å²) < 4.78 is 0. The van der Waals surface area contributed by atoms with Gasteiger partial charge in [-0.25, -0.2) is 0 Å². The molecule has 2 fully saturated rings. The van der Waals surface area contributed by atoms with Gasteiger partial charge in [0, 0.05) is 18.3 Å². The lowest BCUT2D eigenvalue weighted by molar-refractivity contribution is 0.286. The molecule has 2 heteroatoms. The van der Waals surface area contributed by atoms with Crippen LogP contribution in [0.1, 0.15) is 71.1 Å². The molecule has 2 aliphatic heterocycles. The summed E-state index contributed by atoms with van der Waals surface area (Å²) in [7, 11) is 2.32. The molecule has 1 saturated carbocycles. The summed E-state index contributed by atoms with van der Waals surface area (Å²) in [4.78, 5) is 2.60. The normalized spacial score (nSPS) is 28.2. The predicted octanol–water partition coefficient (Wildman–Crippen LogP) is 4.63. The molecule has 0 radical (unpaired) electrons. The van der Waals surface area contributed by atoms with E-state index in [2.05, 4.69) is 30.3 Å². The van der Waals surface area contributed by atoms with Crippen molar-refractivity contribution in [3.05, 3.63) is 22.9 Å². The Kier molecular flexibility index (Phi) is 5.62. The van der Waals surface area contributed by atoms with Crippen LogP contribution in [0.5, 0.6) is 0 Å². The van der Waals surface area contributed by atoms with Gasteiger partial charge < -0.3 is 5.32 Å². The van der Waals surface area contributed by atoms with E-state index in [-0.39, 0.29) is 0 Å². The van der Waals surface area contributed by atoms with Gasteiger partial charge in [0.15, 0.2) is 0 Å². The Balaban J connectivity index is 1.57. The van der Waals surface area contributed by atoms with E-state index >= 15 is 0 Å². The maximum Gasteiger partial charge on any atom is 0.0374 e. The van der Waals surface area contributed by atoms with Crippen molar-refractivity contribution in [3.8, 4) is 0 Å². The van der Waals surface area contributed by atoms with Crippen molar-refractivity contribution in [2.24, 2.45) is 5.92 Å². The molecular weight excluding hydrogens is 268 g/mol. The highest BCUT2D eigenvalue weighted by Crippen LogP contribution is 2.43. The van der Waals surface area contributed by atoms with Crippen molar-refractivity contribution in [2.45, 2.75) is 77.2 Å². The van der Waals surface area contributed by atoms with Crippen LogP contribution >= 0.6 is 0 Å². The predicted molar refractivity (Wildman–Crippen MR) is 94.9 cm³/mol. The summed E-state index contributed by atoms with van der Waals surface area (Å²) in [5.74, 6) is 0.924. The van der Waals surface area contributed by atoms with Crippen LogP contribution < -0.4 is 5.32 Å². The third kappa shape index (κ3) is 3.42. The minimum atomic E-state index is 0.727. The Morgan fingerprint density at radius 2 is 1.95 bits per heavy atom. The van der Waals surface area contributed by atoms with Crippen molar-refractivity contribution < 1.29 is 0 Å². The van der Waals surface area contributed by atoms with E-state index in [0.29, 0.717) is 0 Å². The molecule has 2 atom stereocenters. The van der Waals surface area contributed by atoms with Crippen molar-refractivity contribution >= 4 is 0 Å². The zero-order valence-corrected chi connectivity index (χ0v) is 14.7. The van der Waals surface area contributed by atoms with Gasteiger partial charge in [-0.3, -0.25) is 4.90 Å². The minimum Gasteiger partial charge on any atom is -0.385 e. The van der Waals surface area contributed by atoms with Crippen molar-refractivity contribution in [1.82, 2.24) is 10.2 Å². The van der Waals surface area contributed by atoms with Crippen LogP contribution in [0.4, 0.5) is 0 Å². The van der Waals surface area contributed by atoms with Gasteiger partial charge in [0.25, 0.3) is 0 Å². The summed E-state index contributed by atoms with van der Waals surface area (Å²) >= 11 is 0. The highest BCUT2D eigenvalue weighted by Gasteiger charge is 2.39. The highest BCUT2D eigenvalue weighted by molar-refractivity contribution is 5.44. The molecule has 0 aromatic heterocycles. The molecule has 0 aromatic rings. The zero-order valence-electron chi connectivity index (χ0n) is 14.7. The fourth-order valence-electron chi connectivity index (χ4n) is 4.75. The van der Waals surface area contributed by atoms with Gasteiger partial charge in [-0.2, -0.15) is 0 Å². The van der Waals surface area contributed by atoms with Gasteiger partial charge in [0.2, 0.25) is 0 Å². The fraction of sp³-hybridized carbons (Fsp3) is 0.800. The number of hydrogen-bond donors (Lipinski definition) is 1. The Morgan fingerprint density at radius 3 is 2.82 bits per heavy atom. The largest absolute Gasteiger partial charge is 0.385 e. The molecule has 0 unspecified atom stereocenters. The second kappa shape index (κ2) is 7.68. The van der Waals surface area contributed by atoms with E-state index in [1.807, 2.05) is 0 Å². The van der Waals surface area contributed by atoms with Gasteiger partial charge in [0.05, 0.1) is 0 Å². The van der Waals surface area contributed by atoms with Gasteiger partial charge in [0.1, 0.15) is 0 Å². The molecule has 2 heterocycles. The molecule has 124 valence electrons. The zero-order chi connectivity index (χ0) is 15.4. The van der Waals surface area contributed by atoms with Crippen molar-refractivity contribution in [1.29, 1.82) is 0 Å². The first-order chi connectivity index (χ1) is 10.8. The lowest BCUT2D eigenvalue weighted by atomic mass is 9.76. The molecule has 1 aliphatic carbocycles. The SMILES string of the molecule is CCCCCCCCC1=C2CC[C@H]3CCN(C)[C@H]3C2=CCN1. The molecule has 0 bridgehead atoms. The second-order valence-electron chi connectivity index (χ2n) is 7.53. The lowest BCUT2D eigenvalue weighted by Crippen LogP contribution is -2.38. The molecule has 3 aliphatic rings. The number of likely N-dealkylation sites (N-methyl/N-ethyl adjacent to an activating group) is 1. The summed E-state index contributed by atoms with van der Waals surface area (Å²) in [6.07, 6.45) is 16.3. The Labute approximate surface area is 137 Å². The van der Waals surface area contributed by atoms with E-state index in [1.165, 1.54) is 70.8 Å². The third-order valence-electron chi connectivity index (χ3n) is 5.99. The number of unbranched alkanes of at least 4 members (excludes halogenated alkanes) is 5. The Bertz CT molecular complexity index is 435. The van der Waals surface area contributed by atoms with E-state index in [9.17, 15) is 0 Å². The van der Waals surface area contributed by atoms with Crippen LogP contribution in [0.2, 0.25) is 0 Å². The third-order valence-corrected chi connectivity index (χ3v) is 5.99. The van der Waals surface area contributed by atoms with E-state index < -0.39 is 0 Å². The second-order valence-corrected chi connectivity index (χ2v) is 7.53. The summed E-state index contributed by atoms with van der Waals surface area (Å²) in [5.41, 5.74) is 4.97. The molecule has 0 aromatic carbocycles. The number of dihydropyridines is 1. The smallest absolute Gasteiger partial charge is 0.0374 e. The van der Waals surface area contributed by atoms with Crippen LogP contribution in [-0.4, -0.2) is 31.1 Å². The van der Waals surface area contributed by atoms with E-state index in [0.717, 1.165) is 18.5 Å². The average Bonchev–Trinajstić information content (AvgIpc) is 2.92. The molecule has 2 nitrogen and oxygen atoms in total. The molecule has 1 saturated heterocycles. The maximum absolute atomic E-state index is 3.70. The highest BCUT2D eigenvalue weighted by atomic mass is 15.2. The van der Waals surface area contributed by atoms with E-state index in [4.69, 9.17) is 0 Å². The van der Waals surface area contributed by atoms with Gasteiger partial charge in [-0.05, 0) is 62.8 Å². The van der Waals surface area contributed by atoms with Gasteiger partial charge in [-0.1, -0.05) is 45.1 Å². The lowest BCUT2D eigenvalue weighted by Gasteiger charge is -2.37. The Hall–Kier alpha value is -0.760. The summed E-state index contributed by atoms with van der Waals surface area (Å²) in [6.45, 7) is 4.64. The van der Waals surface area contributed by atoms with Crippen LogP contribution in [0.25, 0.3) is 0 Å². The number of fused-ring (bicyclic) bond motifs is 3. The van der Waals surface area contributed by atoms with Crippen molar-refractivity contribution in [3.63, 3.8) is 0 Å².